The second kappa shape index (κ2) is 6.44. The van der Waals surface area contributed by atoms with Gasteiger partial charge in [-0.1, -0.05) is 25.2 Å². The van der Waals surface area contributed by atoms with Crippen molar-refractivity contribution in [3.8, 4) is 0 Å². The zero-order valence-corrected chi connectivity index (χ0v) is 10.4. The third kappa shape index (κ3) is 9.26. The second-order valence-electron chi connectivity index (χ2n) is 4.67. The van der Waals surface area contributed by atoms with E-state index in [9.17, 15) is 4.79 Å². The van der Waals surface area contributed by atoms with E-state index in [-0.39, 0.29) is 5.97 Å². The topological polar surface area (TPSA) is 26.3 Å². The Bertz CT molecular complexity index is 244. The maximum absolute atomic E-state index is 11.3. The maximum atomic E-state index is 11.3. The minimum absolute atomic E-state index is 0.268. The number of hydrogen-bond donors (Lipinski definition) is 0. The van der Waals surface area contributed by atoms with Gasteiger partial charge in [-0.25, -0.2) is 4.79 Å². The zero-order valence-electron chi connectivity index (χ0n) is 10.4. The molecule has 2 heteroatoms. The third-order valence-electron chi connectivity index (χ3n) is 1.69. The highest BCUT2D eigenvalue weighted by Crippen LogP contribution is 2.08. The van der Waals surface area contributed by atoms with Gasteiger partial charge in [0, 0.05) is 6.08 Å². The van der Waals surface area contributed by atoms with E-state index < -0.39 is 5.60 Å². The summed E-state index contributed by atoms with van der Waals surface area (Å²) in [6.07, 6.45) is 8.36. The van der Waals surface area contributed by atoms with Crippen LogP contribution in [0.25, 0.3) is 0 Å². The molecule has 0 aromatic heterocycles. The van der Waals surface area contributed by atoms with E-state index in [1.165, 1.54) is 6.08 Å². The fourth-order valence-corrected chi connectivity index (χ4v) is 1.12. The quantitative estimate of drug-likeness (QED) is 0.403. The molecule has 0 rings (SSSR count). The number of allylic oxidation sites excluding steroid dienone is 3. The summed E-state index contributed by atoms with van der Waals surface area (Å²) < 4.78 is 5.14. The first-order chi connectivity index (χ1) is 6.85. The zero-order chi connectivity index (χ0) is 11.9. The number of carbonyl (C=O) groups excluding carboxylic acids is 1. The summed E-state index contributed by atoms with van der Waals surface area (Å²) in [6.45, 7) is 9.69. The van der Waals surface area contributed by atoms with Crippen LogP contribution in [0.5, 0.6) is 0 Å². The minimum Gasteiger partial charge on any atom is -0.457 e. The van der Waals surface area contributed by atoms with E-state index >= 15 is 0 Å². The lowest BCUT2D eigenvalue weighted by molar-refractivity contribution is -0.148. The molecule has 15 heavy (non-hydrogen) atoms. The molecule has 86 valence electrons. The largest absolute Gasteiger partial charge is 0.457 e. The minimum atomic E-state index is -0.406. The van der Waals surface area contributed by atoms with Crippen molar-refractivity contribution in [2.24, 2.45) is 5.92 Å². The van der Waals surface area contributed by atoms with Crippen molar-refractivity contribution in [1.29, 1.82) is 0 Å². The van der Waals surface area contributed by atoms with Gasteiger partial charge in [0.05, 0.1) is 0 Å². The fraction of sp³-hybridized carbons (Fsp3) is 0.615. The van der Waals surface area contributed by atoms with Crippen LogP contribution in [0.4, 0.5) is 0 Å². The molecule has 0 aromatic carbocycles. The van der Waals surface area contributed by atoms with Crippen LogP contribution >= 0.6 is 0 Å². The predicted octanol–water partition coefficient (Wildman–Crippen LogP) is 3.49. The Morgan fingerprint density at radius 3 is 2.47 bits per heavy atom. The van der Waals surface area contributed by atoms with Crippen molar-refractivity contribution >= 4 is 5.97 Å². The Morgan fingerprint density at radius 1 is 1.40 bits per heavy atom. The van der Waals surface area contributed by atoms with Gasteiger partial charge in [0.15, 0.2) is 0 Å². The first kappa shape index (κ1) is 13.9. The number of esters is 1. The normalized spacial score (nSPS) is 14.7. The number of hydrogen-bond acceptors (Lipinski definition) is 2. The van der Waals surface area contributed by atoms with E-state index in [0.29, 0.717) is 5.92 Å². The van der Waals surface area contributed by atoms with Crippen molar-refractivity contribution in [3.63, 3.8) is 0 Å². The highest BCUT2D eigenvalue weighted by Gasteiger charge is 2.13. The van der Waals surface area contributed by atoms with Gasteiger partial charge in [0.2, 0.25) is 0 Å². The molecular formula is C13H22O2. The van der Waals surface area contributed by atoms with E-state index in [2.05, 4.69) is 13.0 Å². The molecule has 0 amide bonds. The van der Waals surface area contributed by atoms with Crippen LogP contribution in [-0.4, -0.2) is 11.6 Å². The lowest BCUT2D eigenvalue weighted by atomic mass is 10.1. The molecule has 2 nitrogen and oxygen atoms in total. The molecule has 0 saturated heterocycles. The van der Waals surface area contributed by atoms with Crippen LogP contribution < -0.4 is 0 Å². The number of ether oxygens (including phenoxy) is 1. The molecule has 0 fully saturated rings. The molecule has 0 aliphatic heterocycles. The second-order valence-corrected chi connectivity index (χ2v) is 4.67. The SMILES string of the molecule is CC=C[C@@H](C)CC=CC(=O)OC(C)(C)C. The van der Waals surface area contributed by atoms with Gasteiger partial charge in [-0.3, -0.25) is 0 Å². The number of carbonyl (C=O) groups is 1. The first-order valence-electron chi connectivity index (χ1n) is 5.37. The van der Waals surface area contributed by atoms with Crippen LogP contribution in [-0.2, 0) is 9.53 Å². The van der Waals surface area contributed by atoms with Gasteiger partial charge < -0.3 is 4.74 Å². The molecule has 0 aliphatic carbocycles. The van der Waals surface area contributed by atoms with Crippen molar-refractivity contribution in [2.45, 2.75) is 46.6 Å². The van der Waals surface area contributed by atoms with Gasteiger partial charge in [-0.05, 0) is 40.0 Å². The van der Waals surface area contributed by atoms with E-state index in [1.54, 1.807) is 0 Å². The van der Waals surface area contributed by atoms with Gasteiger partial charge in [0.25, 0.3) is 0 Å². The van der Waals surface area contributed by atoms with Gasteiger partial charge in [-0.15, -0.1) is 0 Å². The first-order valence-corrected chi connectivity index (χ1v) is 5.37. The predicted molar refractivity (Wildman–Crippen MR) is 63.6 cm³/mol. The Balaban J connectivity index is 3.92. The molecule has 0 unspecified atom stereocenters. The molecule has 0 aromatic rings. The summed E-state index contributed by atoms with van der Waals surface area (Å²) in [4.78, 5) is 11.3. The molecule has 0 saturated carbocycles. The van der Waals surface area contributed by atoms with Crippen molar-refractivity contribution in [2.75, 3.05) is 0 Å². The molecule has 0 bridgehead atoms. The highest BCUT2D eigenvalue weighted by atomic mass is 16.6. The Kier molecular flexibility index (Phi) is 5.99. The lowest BCUT2D eigenvalue weighted by Gasteiger charge is -2.17. The molecular weight excluding hydrogens is 188 g/mol. The Labute approximate surface area is 93.0 Å². The van der Waals surface area contributed by atoms with E-state index in [1.807, 2.05) is 39.8 Å². The Hall–Kier alpha value is -1.05. The van der Waals surface area contributed by atoms with Crippen molar-refractivity contribution in [3.05, 3.63) is 24.3 Å². The van der Waals surface area contributed by atoms with Crippen LogP contribution in [0.15, 0.2) is 24.3 Å². The van der Waals surface area contributed by atoms with Crippen molar-refractivity contribution < 1.29 is 9.53 Å². The molecule has 1 atom stereocenters. The molecule has 0 heterocycles. The van der Waals surface area contributed by atoms with Crippen LogP contribution in [0.2, 0.25) is 0 Å². The maximum Gasteiger partial charge on any atom is 0.330 e. The molecule has 0 N–H and O–H groups in total. The van der Waals surface area contributed by atoms with E-state index in [0.717, 1.165) is 6.42 Å². The number of rotatable bonds is 4. The van der Waals surface area contributed by atoms with Gasteiger partial charge in [-0.2, -0.15) is 0 Å². The van der Waals surface area contributed by atoms with Crippen LogP contribution in [0.1, 0.15) is 41.0 Å². The monoisotopic (exact) mass is 210 g/mol. The Morgan fingerprint density at radius 2 is 2.00 bits per heavy atom. The summed E-state index contributed by atoms with van der Waals surface area (Å²) >= 11 is 0. The standard InChI is InChI=1S/C13H22O2/c1-6-8-11(2)9-7-10-12(14)15-13(3,4)5/h6-8,10-11H,9H2,1-5H3/t11-/m1/s1. The summed E-state index contributed by atoms with van der Waals surface area (Å²) in [6, 6.07) is 0. The van der Waals surface area contributed by atoms with Crippen LogP contribution in [0, 0.1) is 5.92 Å². The average molecular weight is 210 g/mol. The third-order valence-corrected chi connectivity index (χ3v) is 1.69. The summed E-state index contributed by atoms with van der Waals surface area (Å²) in [7, 11) is 0. The van der Waals surface area contributed by atoms with Crippen molar-refractivity contribution in [1.82, 2.24) is 0 Å². The van der Waals surface area contributed by atoms with E-state index in [4.69, 9.17) is 4.74 Å². The average Bonchev–Trinajstić information content (AvgIpc) is 2.00. The highest BCUT2D eigenvalue weighted by molar-refractivity contribution is 5.82. The summed E-state index contributed by atoms with van der Waals surface area (Å²) in [5, 5.41) is 0. The van der Waals surface area contributed by atoms with Gasteiger partial charge >= 0.3 is 5.97 Å². The smallest absolute Gasteiger partial charge is 0.330 e. The summed E-state index contributed by atoms with van der Waals surface area (Å²) in [5.74, 6) is 0.198. The summed E-state index contributed by atoms with van der Waals surface area (Å²) in [5.41, 5.74) is -0.406. The molecule has 0 radical (unpaired) electrons. The van der Waals surface area contributed by atoms with Crippen LogP contribution in [0.3, 0.4) is 0 Å². The molecule has 0 spiro atoms. The molecule has 0 aliphatic rings. The lowest BCUT2D eigenvalue weighted by Crippen LogP contribution is -2.22. The van der Waals surface area contributed by atoms with Gasteiger partial charge in [0.1, 0.15) is 5.60 Å². The fourth-order valence-electron chi connectivity index (χ4n) is 1.12.